The van der Waals surface area contributed by atoms with Gasteiger partial charge in [0.1, 0.15) is 12.2 Å². The monoisotopic (exact) mass is 360 g/mol. The van der Waals surface area contributed by atoms with E-state index in [2.05, 4.69) is 6.58 Å². The molecule has 1 aromatic rings. The van der Waals surface area contributed by atoms with Gasteiger partial charge in [0.05, 0.1) is 18.3 Å². The summed E-state index contributed by atoms with van der Waals surface area (Å²) in [5, 5.41) is 10.2. The molecule has 1 saturated carbocycles. The fourth-order valence-corrected chi connectivity index (χ4v) is 3.73. The molecule has 0 aromatic heterocycles. The highest BCUT2D eigenvalue weighted by atomic mass is 16.8. The molecule has 3 atom stereocenters. The molecule has 1 aliphatic carbocycles. The van der Waals surface area contributed by atoms with Crippen LogP contribution in [0.3, 0.4) is 0 Å². The Hall–Kier alpha value is -1.69. The molecule has 3 rings (SSSR count). The molecule has 26 heavy (non-hydrogen) atoms. The quantitative estimate of drug-likeness (QED) is 0.594. The number of carbonyl (C=O) groups excluding carboxylic acids is 1. The summed E-state index contributed by atoms with van der Waals surface area (Å²) in [6.07, 6.45) is 5.97. The number of carbonyl (C=O) groups is 1. The van der Waals surface area contributed by atoms with Gasteiger partial charge in [-0.1, -0.05) is 30.7 Å². The second kappa shape index (κ2) is 8.80. The number of rotatable bonds is 7. The molecule has 0 amide bonds. The zero-order valence-corrected chi connectivity index (χ0v) is 15.1. The van der Waals surface area contributed by atoms with Crippen molar-refractivity contribution in [1.82, 2.24) is 0 Å². The highest BCUT2D eigenvalue weighted by Crippen LogP contribution is 2.39. The van der Waals surface area contributed by atoms with Crippen molar-refractivity contribution in [3.8, 4) is 0 Å². The molecule has 1 heterocycles. The number of aliphatic hydroxyl groups is 1. The molecule has 0 bridgehead atoms. The third kappa shape index (κ3) is 4.72. The Balaban J connectivity index is 1.69. The van der Waals surface area contributed by atoms with Crippen LogP contribution < -0.4 is 0 Å². The maximum atomic E-state index is 12.5. The summed E-state index contributed by atoms with van der Waals surface area (Å²) in [5.74, 6) is -0.946. The van der Waals surface area contributed by atoms with Crippen LogP contribution in [0.25, 0.3) is 0 Å². The summed E-state index contributed by atoms with van der Waals surface area (Å²) < 4.78 is 18.0. The fraction of sp³-hybridized carbons (Fsp3) is 0.571. The summed E-state index contributed by atoms with van der Waals surface area (Å²) >= 11 is 0. The average Bonchev–Trinajstić information content (AvgIpc) is 3.06. The second-order valence-corrected chi connectivity index (χ2v) is 7.16. The van der Waals surface area contributed by atoms with E-state index in [4.69, 9.17) is 14.2 Å². The largest absolute Gasteiger partial charge is 0.456 e. The molecule has 0 radical (unpaired) electrons. The topological polar surface area (TPSA) is 65.0 Å². The van der Waals surface area contributed by atoms with E-state index in [1.165, 1.54) is 6.42 Å². The van der Waals surface area contributed by atoms with Crippen LogP contribution in [0.1, 0.15) is 55.3 Å². The number of ether oxygens (including phenoxy) is 3. The Bertz CT molecular complexity index is 594. The first kappa shape index (κ1) is 19.1. The molecule has 1 N–H and O–H groups in total. The number of hydrogen-bond donors (Lipinski definition) is 1. The lowest BCUT2D eigenvalue weighted by molar-refractivity contribution is -0.197. The number of benzene rings is 1. The SMILES string of the molecule is C=CC[C@@H](O)C[C@H](OC(=O)c1ccccc1)[C@H]1COC2(CCCCC2)O1. The Morgan fingerprint density at radius 3 is 2.73 bits per heavy atom. The predicted molar refractivity (Wildman–Crippen MR) is 97.7 cm³/mol. The van der Waals surface area contributed by atoms with Gasteiger partial charge < -0.3 is 19.3 Å². The van der Waals surface area contributed by atoms with Crippen LogP contribution in [0.15, 0.2) is 43.0 Å². The first-order valence-corrected chi connectivity index (χ1v) is 9.49. The highest BCUT2D eigenvalue weighted by Gasteiger charge is 2.46. The molecular formula is C21H28O5. The van der Waals surface area contributed by atoms with E-state index in [0.29, 0.717) is 25.0 Å². The zero-order valence-electron chi connectivity index (χ0n) is 15.1. The lowest BCUT2D eigenvalue weighted by atomic mass is 9.94. The highest BCUT2D eigenvalue weighted by molar-refractivity contribution is 5.89. The molecule has 5 heteroatoms. The van der Waals surface area contributed by atoms with Crippen LogP contribution in [-0.2, 0) is 14.2 Å². The molecule has 142 valence electrons. The predicted octanol–water partition coefficient (Wildman–Crippen LogP) is 3.61. The maximum Gasteiger partial charge on any atom is 0.338 e. The fourth-order valence-electron chi connectivity index (χ4n) is 3.73. The summed E-state index contributed by atoms with van der Waals surface area (Å²) in [6, 6.07) is 8.87. The smallest absolute Gasteiger partial charge is 0.338 e. The van der Waals surface area contributed by atoms with Crippen LogP contribution in [-0.4, -0.2) is 41.8 Å². The molecule has 2 fully saturated rings. The van der Waals surface area contributed by atoms with Gasteiger partial charge in [-0.15, -0.1) is 6.58 Å². The standard InChI is InChI=1S/C21H28O5/c1-2-9-17(22)14-18(25-20(23)16-10-5-3-6-11-16)19-15-24-21(26-19)12-7-4-8-13-21/h2-3,5-6,10-11,17-19,22H,1,4,7-9,12-15H2/t17-,18+,19-/m1/s1. The summed E-state index contributed by atoms with van der Waals surface area (Å²) in [4.78, 5) is 12.5. The molecular weight excluding hydrogens is 332 g/mol. The van der Waals surface area contributed by atoms with Crippen LogP contribution in [0.5, 0.6) is 0 Å². The molecule has 1 saturated heterocycles. The van der Waals surface area contributed by atoms with Crippen molar-refractivity contribution in [1.29, 1.82) is 0 Å². The van der Waals surface area contributed by atoms with Crippen molar-refractivity contribution in [2.45, 2.75) is 69.0 Å². The lowest BCUT2D eigenvalue weighted by Gasteiger charge is -2.33. The Morgan fingerprint density at radius 1 is 1.31 bits per heavy atom. The minimum Gasteiger partial charge on any atom is -0.456 e. The van der Waals surface area contributed by atoms with Gasteiger partial charge in [-0.05, 0) is 31.4 Å². The zero-order chi connectivity index (χ0) is 18.4. The Kier molecular flexibility index (Phi) is 6.46. The summed E-state index contributed by atoms with van der Waals surface area (Å²) in [7, 11) is 0. The van der Waals surface area contributed by atoms with Crippen LogP contribution >= 0.6 is 0 Å². The molecule has 2 aliphatic rings. The molecule has 5 nitrogen and oxygen atoms in total. The van der Waals surface area contributed by atoms with Crippen molar-refractivity contribution >= 4 is 5.97 Å². The molecule has 1 aliphatic heterocycles. The van der Waals surface area contributed by atoms with Crippen molar-refractivity contribution in [2.24, 2.45) is 0 Å². The Morgan fingerprint density at radius 2 is 2.04 bits per heavy atom. The molecule has 1 aromatic carbocycles. The van der Waals surface area contributed by atoms with Gasteiger partial charge in [0, 0.05) is 19.3 Å². The van der Waals surface area contributed by atoms with Gasteiger partial charge in [0.2, 0.25) is 0 Å². The van der Waals surface area contributed by atoms with Crippen molar-refractivity contribution < 1.29 is 24.1 Å². The van der Waals surface area contributed by atoms with Crippen molar-refractivity contribution in [3.63, 3.8) is 0 Å². The van der Waals surface area contributed by atoms with Gasteiger partial charge in [0.25, 0.3) is 0 Å². The lowest BCUT2D eigenvalue weighted by Crippen LogP contribution is -2.39. The number of esters is 1. The van der Waals surface area contributed by atoms with E-state index in [1.807, 2.05) is 6.07 Å². The summed E-state index contributed by atoms with van der Waals surface area (Å²) in [6.45, 7) is 4.04. The van der Waals surface area contributed by atoms with E-state index >= 15 is 0 Å². The van der Waals surface area contributed by atoms with Gasteiger partial charge in [-0.2, -0.15) is 0 Å². The normalized spacial score (nSPS) is 24.1. The van der Waals surface area contributed by atoms with E-state index in [0.717, 1.165) is 25.7 Å². The first-order chi connectivity index (χ1) is 12.6. The van der Waals surface area contributed by atoms with Gasteiger partial charge in [0.15, 0.2) is 5.79 Å². The van der Waals surface area contributed by atoms with E-state index in [9.17, 15) is 9.90 Å². The third-order valence-electron chi connectivity index (χ3n) is 5.12. The molecule has 1 spiro atoms. The average molecular weight is 360 g/mol. The van der Waals surface area contributed by atoms with E-state index in [1.54, 1.807) is 30.3 Å². The molecule has 0 unspecified atom stereocenters. The van der Waals surface area contributed by atoms with Crippen LogP contribution in [0.4, 0.5) is 0 Å². The number of hydrogen-bond acceptors (Lipinski definition) is 5. The minimum absolute atomic E-state index is 0.300. The van der Waals surface area contributed by atoms with Crippen LogP contribution in [0, 0.1) is 0 Å². The van der Waals surface area contributed by atoms with Crippen molar-refractivity contribution in [3.05, 3.63) is 48.6 Å². The summed E-state index contributed by atoms with van der Waals surface area (Å²) in [5.41, 5.74) is 0.488. The second-order valence-electron chi connectivity index (χ2n) is 7.16. The van der Waals surface area contributed by atoms with Crippen LogP contribution in [0.2, 0.25) is 0 Å². The number of aliphatic hydroxyl groups excluding tert-OH is 1. The van der Waals surface area contributed by atoms with E-state index < -0.39 is 24.0 Å². The van der Waals surface area contributed by atoms with Gasteiger partial charge in [-0.3, -0.25) is 0 Å². The minimum atomic E-state index is -0.632. The third-order valence-corrected chi connectivity index (χ3v) is 5.12. The van der Waals surface area contributed by atoms with E-state index in [-0.39, 0.29) is 6.10 Å². The van der Waals surface area contributed by atoms with Crippen molar-refractivity contribution in [2.75, 3.05) is 6.61 Å². The maximum absolute atomic E-state index is 12.5. The Labute approximate surface area is 155 Å². The van der Waals surface area contributed by atoms with Gasteiger partial charge in [-0.25, -0.2) is 4.79 Å². The first-order valence-electron chi connectivity index (χ1n) is 9.49. The van der Waals surface area contributed by atoms with Gasteiger partial charge >= 0.3 is 5.97 Å².